The molecule has 0 aromatic carbocycles. The predicted octanol–water partition coefficient (Wildman–Crippen LogP) is 1.05. The molecule has 1 saturated heterocycles. The molecule has 2 heterocycles. The molecule has 0 bridgehead atoms. The van der Waals surface area contributed by atoms with Crippen LogP contribution in [0.2, 0.25) is 0 Å². The number of hydrogen-bond donors (Lipinski definition) is 1. The molecule has 21 heavy (non-hydrogen) atoms. The molecule has 1 unspecified atom stereocenters. The van der Waals surface area contributed by atoms with Crippen molar-refractivity contribution in [3.05, 3.63) is 11.8 Å². The topological polar surface area (TPSA) is 76.8 Å². The number of nitrogens with zero attached hydrogens (tertiary/aromatic N) is 2. The highest BCUT2D eigenvalue weighted by atomic mass is 16.5. The lowest BCUT2D eigenvalue weighted by Gasteiger charge is -2.16. The van der Waals surface area contributed by atoms with Gasteiger partial charge in [-0.05, 0) is 26.8 Å². The van der Waals surface area contributed by atoms with Crippen LogP contribution < -0.4 is 5.32 Å². The Bertz CT molecular complexity index is 443. The number of rotatable bonds is 8. The first-order valence-electron chi connectivity index (χ1n) is 7.24. The van der Waals surface area contributed by atoms with E-state index >= 15 is 0 Å². The van der Waals surface area contributed by atoms with Crippen LogP contribution in [0, 0.1) is 6.92 Å². The molecule has 1 fully saturated rings. The van der Waals surface area contributed by atoms with Crippen LogP contribution >= 0.6 is 0 Å². The standard InChI is InChI=1S/C14H23N3O4/c1-11-8-13(16-21-11)15-14(18)9-17(2)5-7-19-10-12-4-3-6-20-12/h8,12H,3-7,9-10H2,1-2H3,(H,15,16,18). The Morgan fingerprint density at radius 2 is 2.48 bits per heavy atom. The number of likely N-dealkylation sites (N-methyl/N-ethyl adjacent to an activating group) is 1. The molecule has 1 aliphatic rings. The van der Waals surface area contributed by atoms with E-state index in [0.717, 1.165) is 19.4 Å². The minimum absolute atomic E-state index is 0.120. The van der Waals surface area contributed by atoms with Crippen LogP contribution in [0.15, 0.2) is 10.6 Å². The van der Waals surface area contributed by atoms with Crippen molar-refractivity contribution in [2.24, 2.45) is 0 Å². The Labute approximate surface area is 124 Å². The number of hydrogen-bond acceptors (Lipinski definition) is 6. The van der Waals surface area contributed by atoms with E-state index in [1.54, 1.807) is 13.0 Å². The molecule has 0 aliphatic carbocycles. The van der Waals surface area contributed by atoms with Gasteiger partial charge in [0.15, 0.2) is 5.82 Å². The van der Waals surface area contributed by atoms with E-state index in [1.165, 1.54) is 0 Å². The molecule has 1 N–H and O–H groups in total. The molecular formula is C14H23N3O4. The Morgan fingerprint density at radius 1 is 1.62 bits per heavy atom. The number of ether oxygens (including phenoxy) is 2. The summed E-state index contributed by atoms with van der Waals surface area (Å²) in [6, 6.07) is 1.68. The highest BCUT2D eigenvalue weighted by Gasteiger charge is 2.15. The lowest BCUT2D eigenvalue weighted by Crippen LogP contribution is -2.33. The average Bonchev–Trinajstić information content (AvgIpc) is 3.06. The van der Waals surface area contributed by atoms with Gasteiger partial charge in [0.1, 0.15) is 5.76 Å². The van der Waals surface area contributed by atoms with Crippen LogP contribution in [-0.4, -0.2) is 62.0 Å². The lowest BCUT2D eigenvalue weighted by atomic mass is 10.2. The van der Waals surface area contributed by atoms with Gasteiger partial charge in [-0.2, -0.15) is 0 Å². The zero-order chi connectivity index (χ0) is 15.1. The number of aromatic nitrogens is 1. The fraction of sp³-hybridized carbons (Fsp3) is 0.714. The predicted molar refractivity (Wildman–Crippen MR) is 77.2 cm³/mol. The number of anilines is 1. The minimum atomic E-state index is -0.120. The van der Waals surface area contributed by atoms with Gasteiger partial charge in [0.25, 0.3) is 0 Å². The first kappa shape index (κ1) is 15.9. The fourth-order valence-corrected chi connectivity index (χ4v) is 2.14. The summed E-state index contributed by atoms with van der Waals surface area (Å²) >= 11 is 0. The fourth-order valence-electron chi connectivity index (χ4n) is 2.14. The van der Waals surface area contributed by atoms with Gasteiger partial charge in [-0.1, -0.05) is 5.16 Å². The van der Waals surface area contributed by atoms with E-state index in [0.29, 0.717) is 31.3 Å². The van der Waals surface area contributed by atoms with E-state index in [-0.39, 0.29) is 18.6 Å². The number of amides is 1. The Balaban J connectivity index is 1.55. The number of carbonyl (C=O) groups excluding carboxylic acids is 1. The molecule has 118 valence electrons. The van der Waals surface area contributed by atoms with Crippen LogP contribution in [0.25, 0.3) is 0 Å². The van der Waals surface area contributed by atoms with Gasteiger partial charge >= 0.3 is 0 Å². The van der Waals surface area contributed by atoms with Crippen LogP contribution in [0.1, 0.15) is 18.6 Å². The quantitative estimate of drug-likeness (QED) is 0.723. The van der Waals surface area contributed by atoms with Crippen molar-refractivity contribution in [2.45, 2.75) is 25.9 Å². The number of carbonyl (C=O) groups is 1. The molecular weight excluding hydrogens is 274 g/mol. The summed E-state index contributed by atoms with van der Waals surface area (Å²) in [5.74, 6) is 0.992. The van der Waals surface area contributed by atoms with Crippen molar-refractivity contribution < 1.29 is 18.8 Å². The van der Waals surface area contributed by atoms with Gasteiger partial charge in [-0.15, -0.1) is 0 Å². The van der Waals surface area contributed by atoms with Gasteiger partial charge in [0.2, 0.25) is 5.91 Å². The average molecular weight is 297 g/mol. The molecule has 1 amide bonds. The van der Waals surface area contributed by atoms with Crippen molar-refractivity contribution in [3.8, 4) is 0 Å². The smallest absolute Gasteiger partial charge is 0.239 e. The molecule has 1 aromatic rings. The van der Waals surface area contributed by atoms with Gasteiger partial charge in [-0.3, -0.25) is 9.69 Å². The highest BCUT2D eigenvalue weighted by molar-refractivity contribution is 5.91. The Kier molecular flexibility index (Phi) is 6.16. The van der Waals surface area contributed by atoms with Gasteiger partial charge in [-0.25, -0.2) is 0 Å². The lowest BCUT2D eigenvalue weighted by molar-refractivity contribution is -0.117. The molecule has 1 aromatic heterocycles. The van der Waals surface area contributed by atoms with Crippen molar-refractivity contribution in [2.75, 3.05) is 45.3 Å². The molecule has 1 atom stereocenters. The van der Waals surface area contributed by atoms with E-state index < -0.39 is 0 Å². The van der Waals surface area contributed by atoms with Gasteiger partial charge < -0.3 is 19.3 Å². The van der Waals surface area contributed by atoms with Crippen molar-refractivity contribution in [1.29, 1.82) is 0 Å². The van der Waals surface area contributed by atoms with Crippen molar-refractivity contribution in [3.63, 3.8) is 0 Å². The van der Waals surface area contributed by atoms with E-state index in [2.05, 4.69) is 10.5 Å². The monoisotopic (exact) mass is 297 g/mol. The Hall–Kier alpha value is -1.44. The molecule has 1 aliphatic heterocycles. The largest absolute Gasteiger partial charge is 0.377 e. The normalized spacial score (nSPS) is 18.3. The summed E-state index contributed by atoms with van der Waals surface area (Å²) in [4.78, 5) is 13.7. The minimum Gasteiger partial charge on any atom is -0.377 e. The molecule has 0 spiro atoms. The third-order valence-electron chi connectivity index (χ3n) is 3.25. The summed E-state index contributed by atoms with van der Waals surface area (Å²) in [6.45, 7) is 4.83. The molecule has 7 heteroatoms. The van der Waals surface area contributed by atoms with E-state index in [1.807, 2.05) is 11.9 Å². The van der Waals surface area contributed by atoms with Crippen molar-refractivity contribution in [1.82, 2.24) is 10.1 Å². The second-order valence-corrected chi connectivity index (χ2v) is 5.32. The van der Waals surface area contributed by atoms with Crippen molar-refractivity contribution >= 4 is 11.7 Å². The molecule has 0 radical (unpaired) electrons. The maximum atomic E-state index is 11.8. The van der Waals surface area contributed by atoms with Crippen LogP contribution in [-0.2, 0) is 14.3 Å². The molecule has 0 saturated carbocycles. The first-order chi connectivity index (χ1) is 10.1. The molecule has 7 nitrogen and oxygen atoms in total. The van der Waals surface area contributed by atoms with Crippen LogP contribution in [0.3, 0.4) is 0 Å². The SMILES string of the molecule is Cc1cc(NC(=O)CN(C)CCOCC2CCCO2)no1. The zero-order valence-electron chi connectivity index (χ0n) is 12.6. The van der Waals surface area contributed by atoms with E-state index in [9.17, 15) is 4.79 Å². The second-order valence-electron chi connectivity index (χ2n) is 5.32. The number of aryl methyl sites for hydroxylation is 1. The summed E-state index contributed by atoms with van der Waals surface area (Å²) in [7, 11) is 1.88. The number of nitrogens with one attached hydrogen (secondary N) is 1. The maximum absolute atomic E-state index is 11.8. The second kappa shape index (κ2) is 8.11. The molecule has 2 rings (SSSR count). The van der Waals surface area contributed by atoms with Crippen LogP contribution in [0.5, 0.6) is 0 Å². The maximum Gasteiger partial charge on any atom is 0.239 e. The first-order valence-corrected chi connectivity index (χ1v) is 7.24. The zero-order valence-corrected chi connectivity index (χ0v) is 12.6. The summed E-state index contributed by atoms with van der Waals surface area (Å²) < 4.78 is 15.9. The van der Waals surface area contributed by atoms with Crippen LogP contribution in [0.4, 0.5) is 5.82 Å². The van der Waals surface area contributed by atoms with Gasteiger partial charge in [0, 0.05) is 19.2 Å². The Morgan fingerprint density at radius 3 is 3.14 bits per heavy atom. The van der Waals surface area contributed by atoms with E-state index in [4.69, 9.17) is 14.0 Å². The summed E-state index contributed by atoms with van der Waals surface area (Å²) in [5, 5.41) is 6.40. The third kappa shape index (κ3) is 5.82. The highest BCUT2D eigenvalue weighted by Crippen LogP contribution is 2.11. The summed E-state index contributed by atoms with van der Waals surface area (Å²) in [5.41, 5.74) is 0. The summed E-state index contributed by atoms with van der Waals surface area (Å²) in [6.07, 6.45) is 2.44. The van der Waals surface area contributed by atoms with Gasteiger partial charge in [0.05, 0.1) is 25.9 Å². The third-order valence-corrected chi connectivity index (χ3v) is 3.25.